The van der Waals surface area contributed by atoms with Crippen LogP contribution in [0, 0.1) is 0 Å². The second-order valence-electron chi connectivity index (χ2n) is 6.98. The maximum atomic E-state index is 12.8. The summed E-state index contributed by atoms with van der Waals surface area (Å²) < 4.78 is 0.696. The molecule has 1 unspecified atom stereocenters. The summed E-state index contributed by atoms with van der Waals surface area (Å²) in [5.74, 6) is 1.29. The second kappa shape index (κ2) is 8.47. The number of carbonyl (C=O) groups excluding carboxylic acids is 1. The van der Waals surface area contributed by atoms with E-state index in [0.717, 1.165) is 22.4 Å². The molecule has 8 heteroatoms. The van der Waals surface area contributed by atoms with Crippen molar-refractivity contribution in [2.45, 2.75) is 24.5 Å². The Morgan fingerprint density at radius 3 is 3.00 bits per heavy atom. The monoisotopic (exact) mass is 436 g/mol. The number of halogens is 1. The number of carbonyl (C=O) groups is 1. The number of aromatic nitrogens is 1. The Labute approximate surface area is 176 Å². The summed E-state index contributed by atoms with van der Waals surface area (Å²) in [7, 11) is 0. The van der Waals surface area contributed by atoms with E-state index < -0.39 is 6.10 Å². The third-order valence-corrected chi connectivity index (χ3v) is 7.45. The Morgan fingerprint density at radius 2 is 2.21 bits per heavy atom. The first-order valence-electron chi connectivity index (χ1n) is 9.08. The summed E-state index contributed by atoms with van der Waals surface area (Å²) >= 11 is 9.03. The summed E-state index contributed by atoms with van der Waals surface area (Å²) in [6.07, 6.45) is 0.0738. The number of nitrogens with one attached hydrogen (secondary N) is 2. The highest BCUT2D eigenvalue weighted by molar-refractivity contribution is 7.99. The van der Waals surface area contributed by atoms with Gasteiger partial charge < -0.3 is 20.5 Å². The lowest BCUT2D eigenvalue weighted by atomic mass is 10.0. The summed E-state index contributed by atoms with van der Waals surface area (Å²) in [6, 6.07) is 11.9. The molecule has 0 spiro atoms. The van der Waals surface area contributed by atoms with E-state index in [2.05, 4.69) is 22.4 Å². The number of fused-ring (bicyclic) bond motifs is 2. The number of H-pyrrole nitrogens is 1. The van der Waals surface area contributed by atoms with Crippen LogP contribution in [0.2, 0.25) is 4.34 Å². The fraction of sp³-hybridized carbons (Fsp3) is 0.350. The van der Waals surface area contributed by atoms with Crippen LogP contribution in [0.1, 0.15) is 27.5 Å². The molecule has 28 heavy (non-hydrogen) atoms. The molecule has 3 aromatic rings. The molecule has 0 aliphatic heterocycles. The predicted molar refractivity (Wildman–Crippen MR) is 116 cm³/mol. The number of thiophene rings is 1. The van der Waals surface area contributed by atoms with Crippen molar-refractivity contribution in [3.8, 4) is 0 Å². The first-order chi connectivity index (χ1) is 13.5. The van der Waals surface area contributed by atoms with Crippen LogP contribution >= 0.6 is 34.7 Å². The molecule has 148 valence electrons. The van der Waals surface area contributed by atoms with Crippen LogP contribution in [0.4, 0.5) is 0 Å². The van der Waals surface area contributed by atoms with Gasteiger partial charge in [0.15, 0.2) is 0 Å². The molecule has 1 aromatic carbocycles. The fourth-order valence-corrected chi connectivity index (χ4v) is 5.99. The van der Waals surface area contributed by atoms with Gasteiger partial charge in [0.25, 0.3) is 5.91 Å². The van der Waals surface area contributed by atoms with E-state index in [1.807, 2.05) is 24.3 Å². The maximum absolute atomic E-state index is 12.8. The van der Waals surface area contributed by atoms with E-state index in [9.17, 15) is 9.90 Å². The smallest absolute Gasteiger partial charge is 0.268 e. The van der Waals surface area contributed by atoms with Crippen molar-refractivity contribution in [2.24, 2.45) is 0 Å². The number of benzene rings is 1. The number of hydrogen-bond donors (Lipinski definition) is 4. The van der Waals surface area contributed by atoms with Gasteiger partial charge in [-0.05, 0) is 29.7 Å². The van der Waals surface area contributed by atoms with E-state index in [0.29, 0.717) is 15.8 Å². The minimum absolute atomic E-state index is 0.00593. The van der Waals surface area contributed by atoms with Gasteiger partial charge in [0.2, 0.25) is 0 Å². The summed E-state index contributed by atoms with van der Waals surface area (Å²) in [6.45, 7) is -0.234. The van der Waals surface area contributed by atoms with Crippen LogP contribution < -0.4 is 5.32 Å². The molecule has 0 radical (unpaired) electrons. The quantitative estimate of drug-likeness (QED) is 0.457. The molecule has 4 rings (SSSR count). The normalized spacial score (nSPS) is 19.7. The van der Waals surface area contributed by atoms with Crippen LogP contribution in [-0.4, -0.2) is 51.4 Å². The standard InChI is InChI=1S/C20H21ClN2O3S2/c21-18-7-12-6-17(23-20(12)28-18)19(26)22-16-5-11-3-1-2-4-14(11)15(16)10-27-9-13(25)8-24/h1-4,6-7,13,15-16,23-25H,5,8-10H2,(H,22,26)/t13?,15-,16+/m0/s1. The highest BCUT2D eigenvalue weighted by Gasteiger charge is 2.33. The summed E-state index contributed by atoms with van der Waals surface area (Å²) in [4.78, 5) is 16.9. The Balaban J connectivity index is 1.48. The van der Waals surface area contributed by atoms with Crippen molar-refractivity contribution >= 4 is 50.8 Å². The zero-order valence-electron chi connectivity index (χ0n) is 15.0. The minimum Gasteiger partial charge on any atom is -0.394 e. The van der Waals surface area contributed by atoms with Crippen LogP contribution in [0.15, 0.2) is 36.4 Å². The molecule has 4 N–H and O–H groups in total. The van der Waals surface area contributed by atoms with Crippen LogP contribution in [0.3, 0.4) is 0 Å². The van der Waals surface area contributed by atoms with Gasteiger partial charge in [-0.25, -0.2) is 0 Å². The lowest BCUT2D eigenvalue weighted by molar-refractivity contribution is 0.0930. The van der Waals surface area contributed by atoms with E-state index in [-0.39, 0.29) is 24.5 Å². The highest BCUT2D eigenvalue weighted by atomic mass is 35.5. The Morgan fingerprint density at radius 1 is 1.39 bits per heavy atom. The fourth-order valence-electron chi connectivity index (χ4n) is 3.68. The zero-order valence-corrected chi connectivity index (χ0v) is 17.4. The third kappa shape index (κ3) is 4.09. The Bertz CT molecular complexity index is 955. The van der Waals surface area contributed by atoms with Crippen LogP contribution in [0.25, 0.3) is 10.2 Å². The molecule has 1 amide bonds. The number of thioether (sulfide) groups is 1. The number of amides is 1. The molecular formula is C20H21ClN2O3S2. The molecule has 2 heterocycles. The van der Waals surface area contributed by atoms with Gasteiger partial charge in [-0.2, -0.15) is 11.8 Å². The van der Waals surface area contributed by atoms with Gasteiger partial charge in [0, 0.05) is 28.9 Å². The van der Waals surface area contributed by atoms with E-state index in [1.165, 1.54) is 22.5 Å². The minimum atomic E-state index is -0.714. The molecule has 0 fully saturated rings. The Hall–Kier alpha value is -1.51. The average Bonchev–Trinajstić information content (AvgIpc) is 3.32. The van der Waals surface area contributed by atoms with Crippen LogP contribution in [-0.2, 0) is 6.42 Å². The molecule has 0 bridgehead atoms. The number of aliphatic hydroxyl groups excluding tert-OH is 2. The molecule has 0 saturated carbocycles. The van der Waals surface area contributed by atoms with E-state index in [4.69, 9.17) is 16.7 Å². The van der Waals surface area contributed by atoms with Crippen molar-refractivity contribution in [1.29, 1.82) is 0 Å². The van der Waals surface area contributed by atoms with Crippen molar-refractivity contribution in [1.82, 2.24) is 10.3 Å². The van der Waals surface area contributed by atoms with E-state index >= 15 is 0 Å². The Kier molecular flexibility index (Phi) is 5.99. The molecule has 2 aromatic heterocycles. The third-order valence-electron chi connectivity index (χ3n) is 5.04. The largest absolute Gasteiger partial charge is 0.394 e. The van der Waals surface area contributed by atoms with Gasteiger partial charge in [-0.15, -0.1) is 11.3 Å². The van der Waals surface area contributed by atoms with E-state index in [1.54, 1.807) is 11.8 Å². The number of aliphatic hydroxyl groups is 2. The van der Waals surface area contributed by atoms with Gasteiger partial charge in [-0.1, -0.05) is 35.9 Å². The van der Waals surface area contributed by atoms with Crippen LogP contribution in [0.5, 0.6) is 0 Å². The molecule has 1 aliphatic carbocycles. The van der Waals surface area contributed by atoms with Gasteiger partial charge in [0.05, 0.1) is 17.0 Å². The molecule has 3 atom stereocenters. The van der Waals surface area contributed by atoms with Gasteiger partial charge >= 0.3 is 0 Å². The zero-order chi connectivity index (χ0) is 19.7. The van der Waals surface area contributed by atoms with Gasteiger partial charge in [-0.3, -0.25) is 4.79 Å². The molecule has 1 aliphatic rings. The SMILES string of the molecule is O=C(N[C@@H]1Cc2ccccc2[C@@H]1CSCC(O)CO)c1cc2cc(Cl)sc2[nH]1. The first-order valence-corrected chi connectivity index (χ1v) is 11.4. The summed E-state index contributed by atoms with van der Waals surface area (Å²) in [5.41, 5.74) is 3.04. The molecular weight excluding hydrogens is 416 g/mol. The van der Waals surface area contributed by atoms with Crippen molar-refractivity contribution < 1.29 is 15.0 Å². The number of rotatable bonds is 7. The van der Waals surface area contributed by atoms with Crippen molar-refractivity contribution in [3.05, 3.63) is 57.6 Å². The maximum Gasteiger partial charge on any atom is 0.268 e. The predicted octanol–water partition coefficient (Wildman–Crippen LogP) is 3.41. The van der Waals surface area contributed by atoms with Crippen molar-refractivity contribution in [2.75, 3.05) is 18.1 Å². The summed E-state index contributed by atoms with van der Waals surface area (Å²) in [5, 5.41) is 22.7. The molecule has 5 nitrogen and oxygen atoms in total. The van der Waals surface area contributed by atoms with Crippen molar-refractivity contribution in [3.63, 3.8) is 0 Å². The van der Waals surface area contributed by atoms with Gasteiger partial charge in [0.1, 0.15) is 10.5 Å². The first kappa shape index (κ1) is 19.8. The number of aromatic amines is 1. The lowest BCUT2D eigenvalue weighted by Crippen LogP contribution is -2.38. The molecule has 0 saturated heterocycles. The second-order valence-corrected chi connectivity index (χ2v) is 9.74. The number of hydrogen-bond acceptors (Lipinski definition) is 5. The average molecular weight is 437 g/mol. The lowest BCUT2D eigenvalue weighted by Gasteiger charge is -2.22. The highest BCUT2D eigenvalue weighted by Crippen LogP contribution is 2.36. The topological polar surface area (TPSA) is 85.3 Å².